The Hall–Kier alpha value is -1.35. The molecule has 1 aromatic rings. The van der Waals surface area contributed by atoms with Crippen molar-refractivity contribution in [3.05, 3.63) is 35.4 Å². The predicted octanol–water partition coefficient (Wildman–Crippen LogP) is 2.31. The summed E-state index contributed by atoms with van der Waals surface area (Å²) in [6, 6.07) is 8.63. The lowest BCUT2D eigenvalue weighted by Crippen LogP contribution is -2.39. The van der Waals surface area contributed by atoms with Gasteiger partial charge in [-0.25, -0.2) is 0 Å². The highest BCUT2D eigenvalue weighted by Gasteiger charge is 2.23. The fourth-order valence-corrected chi connectivity index (χ4v) is 2.87. The molecule has 1 aliphatic rings. The van der Waals surface area contributed by atoms with Crippen LogP contribution in [0.15, 0.2) is 24.3 Å². The van der Waals surface area contributed by atoms with Gasteiger partial charge in [-0.2, -0.15) is 0 Å². The van der Waals surface area contributed by atoms with Crippen molar-refractivity contribution in [2.24, 2.45) is 0 Å². The first kappa shape index (κ1) is 14.1. The van der Waals surface area contributed by atoms with E-state index in [0.29, 0.717) is 12.3 Å². The minimum Gasteiger partial charge on any atom is -0.343 e. The molecule has 19 heavy (non-hydrogen) atoms. The summed E-state index contributed by atoms with van der Waals surface area (Å²) in [6.45, 7) is 4.76. The third-order valence-corrected chi connectivity index (χ3v) is 4.06. The molecule has 0 atom stereocenters. The van der Waals surface area contributed by atoms with Crippen LogP contribution in [0.2, 0.25) is 0 Å². The van der Waals surface area contributed by atoms with Crippen molar-refractivity contribution in [2.75, 3.05) is 26.7 Å². The van der Waals surface area contributed by atoms with Gasteiger partial charge in [0, 0.05) is 26.1 Å². The molecule has 0 unspecified atom stereocenters. The van der Waals surface area contributed by atoms with Gasteiger partial charge in [0.05, 0.1) is 0 Å². The third-order valence-electron chi connectivity index (χ3n) is 4.06. The average Bonchev–Trinajstić information content (AvgIpc) is 2.45. The molecule has 104 valence electrons. The fraction of sp³-hybridized carbons (Fsp3) is 0.562. The number of likely N-dealkylation sites (tertiary alicyclic amines) is 1. The summed E-state index contributed by atoms with van der Waals surface area (Å²) in [5.74, 6) is 0.909. The number of carbonyl (C=O) groups excluding carboxylic acids is 1. The van der Waals surface area contributed by atoms with E-state index < -0.39 is 0 Å². The molecule has 0 radical (unpaired) electrons. The van der Waals surface area contributed by atoms with Gasteiger partial charge < -0.3 is 10.2 Å². The monoisotopic (exact) mass is 260 g/mol. The van der Waals surface area contributed by atoms with Gasteiger partial charge in [-0.05, 0) is 43.9 Å². The van der Waals surface area contributed by atoms with Crippen molar-refractivity contribution in [3.63, 3.8) is 0 Å². The second-order valence-electron chi connectivity index (χ2n) is 5.37. The first-order chi connectivity index (χ1) is 9.22. The Bertz CT molecular complexity index is 423. The van der Waals surface area contributed by atoms with Gasteiger partial charge in [0.2, 0.25) is 5.91 Å². The second kappa shape index (κ2) is 6.71. The number of aryl methyl sites for hydroxylation is 1. The Morgan fingerprint density at radius 2 is 2.00 bits per heavy atom. The van der Waals surface area contributed by atoms with Gasteiger partial charge >= 0.3 is 0 Å². The van der Waals surface area contributed by atoms with Crippen LogP contribution in [0.1, 0.15) is 36.3 Å². The largest absolute Gasteiger partial charge is 0.343 e. The lowest BCUT2D eigenvalue weighted by Gasteiger charge is -2.33. The Labute approximate surface area is 116 Å². The second-order valence-corrected chi connectivity index (χ2v) is 5.37. The molecule has 1 aromatic carbocycles. The Morgan fingerprint density at radius 1 is 1.32 bits per heavy atom. The first-order valence-electron chi connectivity index (χ1n) is 7.20. The van der Waals surface area contributed by atoms with E-state index in [1.165, 1.54) is 11.1 Å². The van der Waals surface area contributed by atoms with Crippen LogP contribution >= 0.6 is 0 Å². The molecule has 0 spiro atoms. The van der Waals surface area contributed by atoms with E-state index in [1.54, 1.807) is 0 Å². The van der Waals surface area contributed by atoms with Gasteiger partial charge in [0.15, 0.2) is 0 Å². The topological polar surface area (TPSA) is 32.3 Å². The predicted molar refractivity (Wildman–Crippen MR) is 78.3 cm³/mol. The highest BCUT2D eigenvalue weighted by molar-refractivity contribution is 5.76. The number of benzene rings is 1. The minimum absolute atomic E-state index is 0.289. The maximum atomic E-state index is 12.0. The van der Waals surface area contributed by atoms with E-state index in [-0.39, 0.29) is 5.91 Å². The van der Waals surface area contributed by atoms with Gasteiger partial charge in [0.25, 0.3) is 0 Å². The van der Waals surface area contributed by atoms with Gasteiger partial charge in [0.1, 0.15) is 0 Å². The molecule has 1 saturated heterocycles. The van der Waals surface area contributed by atoms with Crippen LogP contribution in [0.3, 0.4) is 0 Å². The quantitative estimate of drug-likeness (QED) is 0.901. The molecule has 0 aliphatic carbocycles. The molecule has 1 heterocycles. The normalized spacial score (nSPS) is 16.6. The highest BCUT2D eigenvalue weighted by atomic mass is 16.2. The molecule has 2 rings (SSSR count). The molecule has 3 nitrogen and oxygen atoms in total. The highest BCUT2D eigenvalue weighted by Crippen LogP contribution is 2.30. The molecular formula is C16H24N2O. The zero-order chi connectivity index (χ0) is 13.7. The molecule has 3 heteroatoms. The number of piperidine rings is 1. The van der Waals surface area contributed by atoms with Crippen LogP contribution < -0.4 is 5.32 Å². The van der Waals surface area contributed by atoms with Crippen molar-refractivity contribution < 1.29 is 4.79 Å². The number of amides is 1. The number of nitrogens with one attached hydrogen (secondary N) is 1. The van der Waals surface area contributed by atoms with E-state index in [0.717, 1.165) is 32.5 Å². The number of hydrogen-bond acceptors (Lipinski definition) is 2. The van der Waals surface area contributed by atoms with E-state index >= 15 is 0 Å². The van der Waals surface area contributed by atoms with Crippen molar-refractivity contribution in [1.82, 2.24) is 10.2 Å². The number of rotatable bonds is 4. The summed E-state index contributed by atoms with van der Waals surface area (Å²) in [5.41, 5.74) is 2.84. The summed E-state index contributed by atoms with van der Waals surface area (Å²) in [7, 11) is 1.89. The van der Waals surface area contributed by atoms with Crippen molar-refractivity contribution >= 4 is 5.91 Å². The smallest absolute Gasteiger partial charge is 0.223 e. The zero-order valence-electron chi connectivity index (χ0n) is 12.0. The summed E-state index contributed by atoms with van der Waals surface area (Å²) in [6.07, 6.45) is 2.80. The van der Waals surface area contributed by atoms with Gasteiger partial charge in [-0.15, -0.1) is 0 Å². The van der Waals surface area contributed by atoms with E-state index in [1.807, 2.05) is 11.9 Å². The van der Waals surface area contributed by atoms with E-state index in [9.17, 15) is 4.79 Å². The number of nitrogens with zero attached hydrogens (tertiary/aromatic N) is 1. The Balaban J connectivity index is 1.89. The summed E-state index contributed by atoms with van der Waals surface area (Å²) < 4.78 is 0. The van der Waals surface area contributed by atoms with Crippen molar-refractivity contribution in [1.29, 1.82) is 0 Å². The van der Waals surface area contributed by atoms with Gasteiger partial charge in [-0.3, -0.25) is 4.79 Å². The molecule has 1 amide bonds. The summed E-state index contributed by atoms with van der Waals surface area (Å²) in [4.78, 5) is 14.0. The lowest BCUT2D eigenvalue weighted by atomic mass is 9.87. The molecule has 0 bridgehead atoms. The molecular weight excluding hydrogens is 236 g/mol. The summed E-state index contributed by atoms with van der Waals surface area (Å²) in [5, 5.41) is 3.03. The molecule has 1 N–H and O–H groups in total. The molecule has 1 aliphatic heterocycles. The first-order valence-corrected chi connectivity index (χ1v) is 7.20. The van der Waals surface area contributed by atoms with E-state index in [4.69, 9.17) is 0 Å². The van der Waals surface area contributed by atoms with Crippen LogP contribution in [0.4, 0.5) is 0 Å². The average molecular weight is 260 g/mol. The zero-order valence-corrected chi connectivity index (χ0v) is 12.0. The van der Waals surface area contributed by atoms with Gasteiger partial charge in [-0.1, -0.05) is 24.3 Å². The number of carbonyl (C=O) groups is 1. The SMILES string of the molecule is CNCCC(=O)N1CCC(c2ccccc2C)CC1. The maximum absolute atomic E-state index is 12.0. The third kappa shape index (κ3) is 3.57. The van der Waals surface area contributed by atoms with Crippen LogP contribution in [0, 0.1) is 6.92 Å². The molecule has 0 aromatic heterocycles. The van der Waals surface area contributed by atoms with Crippen LogP contribution in [-0.2, 0) is 4.79 Å². The standard InChI is InChI=1S/C16H24N2O/c1-13-5-3-4-6-15(13)14-8-11-18(12-9-14)16(19)7-10-17-2/h3-6,14,17H,7-12H2,1-2H3. The van der Waals surface area contributed by atoms with E-state index in [2.05, 4.69) is 36.5 Å². The lowest BCUT2D eigenvalue weighted by molar-refractivity contribution is -0.132. The van der Waals surface area contributed by atoms with Crippen LogP contribution in [-0.4, -0.2) is 37.5 Å². The van der Waals surface area contributed by atoms with Crippen molar-refractivity contribution in [3.8, 4) is 0 Å². The number of hydrogen-bond donors (Lipinski definition) is 1. The molecule has 0 saturated carbocycles. The Kier molecular flexibility index (Phi) is 4.97. The van der Waals surface area contributed by atoms with Crippen LogP contribution in [0.5, 0.6) is 0 Å². The summed E-state index contributed by atoms with van der Waals surface area (Å²) >= 11 is 0. The van der Waals surface area contributed by atoms with Crippen LogP contribution in [0.25, 0.3) is 0 Å². The fourth-order valence-electron chi connectivity index (χ4n) is 2.87. The maximum Gasteiger partial charge on any atom is 0.223 e. The molecule has 1 fully saturated rings. The van der Waals surface area contributed by atoms with Crippen molar-refractivity contribution in [2.45, 2.75) is 32.1 Å². The minimum atomic E-state index is 0.289. The Morgan fingerprint density at radius 3 is 2.63 bits per heavy atom.